The topological polar surface area (TPSA) is 97.6 Å². The van der Waals surface area contributed by atoms with E-state index in [1.807, 2.05) is 4.57 Å². The monoisotopic (exact) mass is 420 g/mol. The second kappa shape index (κ2) is 8.63. The van der Waals surface area contributed by atoms with Crippen molar-refractivity contribution >= 4 is 28.7 Å². The van der Waals surface area contributed by atoms with Gasteiger partial charge in [0.1, 0.15) is 6.10 Å². The molecule has 0 radical (unpaired) electrons. The van der Waals surface area contributed by atoms with Crippen molar-refractivity contribution in [2.75, 3.05) is 5.32 Å². The van der Waals surface area contributed by atoms with Crippen molar-refractivity contribution in [1.29, 1.82) is 0 Å². The number of aromatic carboxylic acids is 1. The average Bonchev–Trinajstić information content (AvgIpc) is 3.25. The number of carboxylic acids is 1. The highest BCUT2D eigenvalue weighted by atomic mass is 16.6. The molecule has 3 aromatic rings. The summed E-state index contributed by atoms with van der Waals surface area (Å²) in [5.74, 6) is -0.976. The molecule has 0 spiro atoms. The van der Waals surface area contributed by atoms with Crippen LogP contribution in [0.3, 0.4) is 0 Å². The molecule has 7 heteroatoms. The molecule has 160 valence electrons. The smallest absolute Gasteiger partial charge is 0.411 e. The van der Waals surface area contributed by atoms with Crippen LogP contribution in [0.2, 0.25) is 0 Å². The zero-order chi connectivity index (χ0) is 22.0. The molecule has 2 aromatic carbocycles. The van der Waals surface area contributed by atoms with Gasteiger partial charge in [0, 0.05) is 29.4 Å². The number of carboxylic acid groups (broad SMARTS) is 1. The molecule has 2 N–H and O–H groups in total. The van der Waals surface area contributed by atoms with Crippen LogP contribution < -0.4 is 10.7 Å². The van der Waals surface area contributed by atoms with Crippen LogP contribution in [0, 0.1) is 6.92 Å². The maximum Gasteiger partial charge on any atom is 0.411 e. The predicted octanol–water partition coefficient (Wildman–Crippen LogP) is 4.55. The van der Waals surface area contributed by atoms with Crippen LogP contribution in [0.25, 0.3) is 10.9 Å². The highest BCUT2D eigenvalue weighted by Gasteiger charge is 2.19. The Balaban J connectivity index is 1.63. The molecule has 7 nitrogen and oxygen atoms in total. The summed E-state index contributed by atoms with van der Waals surface area (Å²) in [5.41, 5.74) is 2.89. The third kappa shape index (κ3) is 4.60. The van der Waals surface area contributed by atoms with E-state index >= 15 is 0 Å². The Morgan fingerprint density at radius 2 is 1.84 bits per heavy atom. The van der Waals surface area contributed by atoms with Gasteiger partial charge in [-0.3, -0.25) is 10.1 Å². The van der Waals surface area contributed by atoms with Crippen molar-refractivity contribution in [2.24, 2.45) is 0 Å². The molecule has 1 saturated carbocycles. The van der Waals surface area contributed by atoms with Crippen LogP contribution in [0.5, 0.6) is 0 Å². The van der Waals surface area contributed by atoms with Crippen LogP contribution in [-0.4, -0.2) is 27.8 Å². The SMILES string of the molecule is Cc1cn(Cc2ccc(C(=O)O)cc2)c2cc(NC(=O)OC3CCCC3)ccc2c1=O. The second-order valence-corrected chi connectivity index (χ2v) is 7.94. The Kier molecular flexibility index (Phi) is 5.75. The lowest BCUT2D eigenvalue weighted by molar-refractivity contribution is 0.0696. The third-order valence-electron chi connectivity index (χ3n) is 5.64. The fourth-order valence-electron chi connectivity index (χ4n) is 4.00. The lowest BCUT2D eigenvalue weighted by atomic mass is 10.1. The number of rotatable bonds is 5. The normalized spacial score (nSPS) is 14.0. The van der Waals surface area contributed by atoms with Gasteiger partial charge in [0.2, 0.25) is 0 Å². The number of ether oxygens (including phenoxy) is 1. The fourth-order valence-corrected chi connectivity index (χ4v) is 4.00. The maximum absolute atomic E-state index is 12.6. The number of fused-ring (bicyclic) bond motifs is 1. The summed E-state index contributed by atoms with van der Waals surface area (Å²) < 4.78 is 7.39. The first-order valence-corrected chi connectivity index (χ1v) is 10.3. The summed E-state index contributed by atoms with van der Waals surface area (Å²) in [7, 11) is 0. The number of carbonyl (C=O) groups excluding carboxylic acids is 1. The summed E-state index contributed by atoms with van der Waals surface area (Å²) >= 11 is 0. The fraction of sp³-hybridized carbons (Fsp3) is 0.292. The van der Waals surface area contributed by atoms with E-state index in [1.54, 1.807) is 55.6 Å². The van der Waals surface area contributed by atoms with Crippen molar-refractivity contribution in [3.8, 4) is 0 Å². The molecule has 1 aliphatic carbocycles. The number of carbonyl (C=O) groups is 2. The zero-order valence-electron chi connectivity index (χ0n) is 17.3. The van der Waals surface area contributed by atoms with Crippen molar-refractivity contribution in [2.45, 2.75) is 45.3 Å². The number of nitrogens with one attached hydrogen (secondary N) is 1. The molecule has 1 aliphatic rings. The summed E-state index contributed by atoms with van der Waals surface area (Å²) in [6, 6.07) is 11.8. The van der Waals surface area contributed by atoms with Gasteiger partial charge < -0.3 is 14.4 Å². The van der Waals surface area contributed by atoms with Gasteiger partial charge in [0.15, 0.2) is 5.43 Å². The molecule has 0 unspecified atom stereocenters. The molecule has 1 heterocycles. The van der Waals surface area contributed by atoms with E-state index in [2.05, 4.69) is 5.32 Å². The third-order valence-corrected chi connectivity index (χ3v) is 5.64. The first kappa shape index (κ1) is 20.7. The molecule has 4 rings (SSSR count). The minimum Gasteiger partial charge on any atom is -0.478 e. The summed E-state index contributed by atoms with van der Waals surface area (Å²) in [6.45, 7) is 2.21. The first-order chi connectivity index (χ1) is 14.9. The number of benzene rings is 2. The second-order valence-electron chi connectivity index (χ2n) is 7.94. The minimum atomic E-state index is -0.976. The highest BCUT2D eigenvalue weighted by molar-refractivity contribution is 5.90. The number of anilines is 1. The van der Waals surface area contributed by atoms with E-state index in [0.29, 0.717) is 28.7 Å². The van der Waals surface area contributed by atoms with Gasteiger partial charge in [0.25, 0.3) is 0 Å². The van der Waals surface area contributed by atoms with Crippen LogP contribution >= 0.6 is 0 Å². The number of nitrogens with zero attached hydrogens (tertiary/aromatic N) is 1. The van der Waals surface area contributed by atoms with Gasteiger partial charge in [0.05, 0.1) is 11.1 Å². The molecule has 0 aliphatic heterocycles. The van der Waals surface area contributed by atoms with E-state index < -0.39 is 12.1 Å². The summed E-state index contributed by atoms with van der Waals surface area (Å²) in [4.78, 5) is 35.9. The van der Waals surface area contributed by atoms with Gasteiger partial charge in [-0.25, -0.2) is 9.59 Å². The molecular weight excluding hydrogens is 396 g/mol. The van der Waals surface area contributed by atoms with Crippen molar-refractivity contribution in [3.05, 3.63) is 75.6 Å². The molecule has 1 amide bonds. The number of amides is 1. The Morgan fingerprint density at radius 1 is 1.13 bits per heavy atom. The average molecular weight is 420 g/mol. The van der Waals surface area contributed by atoms with Gasteiger partial charge in [-0.2, -0.15) is 0 Å². The number of hydrogen-bond acceptors (Lipinski definition) is 4. The van der Waals surface area contributed by atoms with E-state index in [1.165, 1.54) is 0 Å². The standard InChI is InChI=1S/C24H24N2O5/c1-15-13-26(14-16-6-8-17(9-7-16)23(28)29)21-12-18(10-11-20(21)22(15)27)25-24(30)31-19-4-2-3-5-19/h6-13,19H,2-5,14H2,1H3,(H,25,30)(H,28,29). The quantitative estimate of drug-likeness (QED) is 0.631. The zero-order valence-corrected chi connectivity index (χ0v) is 17.3. The van der Waals surface area contributed by atoms with Crippen LogP contribution in [0.15, 0.2) is 53.5 Å². The lowest BCUT2D eigenvalue weighted by Crippen LogP contribution is -2.20. The van der Waals surface area contributed by atoms with Crippen molar-refractivity contribution < 1.29 is 19.4 Å². The number of hydrogen-bond donors (Lipinski definition) is 2. The van der Waals surface area contributed by atoms with E-state index in [-0.39, 0.29) is 17.1 Å². The largest absolute Gasteiger partial charge is 0.478 e. The minimum absolute atomic E-state index is 0.0324. The molecular formula is C24H24N2O5. The first-order valence-electron chi connectivity index (χ1n) is 10.3. The highest BCUT2D eigenvalue weighted by Crippen LogP contribution is 2.23. The van der Waals surface area contributed by atoms with Crippen LogP contribution in [0.4, 0.5) is 10.5 Å². The molecule has 0 bridgehead atoms. The van der Waals surface area contributed by atoms with Gasteiger partial charge in [-0.1, -0.05) is 12.1 Å². The number of pyridine rings is 1. The Morgan fingerprint density at radius 3 is 2.52 bits per heavy atom. The summed E-state index contributed by atoms with van der Waals surface area (Å²) in [6.07, 6.45) is 5.19. The maximum atomic E-state index is 12.6. The van der Waals surface area contributed by atoms with Crippen LogP contribution in [0.1, 0.15) is 47.2 Å². The van der Waals surface area contributed by atoms with E-state index in [0.717, 1.165) is 31.2 Å². The predicted molar refractivity (Wildman–Crippen MR) is 118 cm³/mol. The molecule has 0 saturated heterocycles. The number of aryl methyl sites for hydroxylation is 1. The molecule has 1 aromatic heterocycles. The van der Waals surface area contributed by atoms with E-state index in [9.17, 15) is 14.4 Å². The molecule has 31 heavy (non-hydrogen) atoms. The van der Waals surface area contributed by atoms with Gasteiger partial charge in [-0.05, 0) is 68.5 Å². The Labute approximate surface area is 179 Å². The van der Waals surface area contributed by atoms with Gasteiger partial charge in [-0.15, -0.1) is 0 Å². The Bertz CT molecular complexity index is 1190. The molecule has 0 atom stereocenters. The van der Waals surface area contributed by atoms with Gasteiger partial charge >= 0.3 is 12.1 Å². The van der Waals surface area contributed by atoms with Crippen molar-refractivity contribution in [1.82, 2.24) is 4.57 Å². The number of aromatic nitrogens is 1. The molecule has 1 fully saturated rings. The van der Waals surface area contributed by atoms with E-state index in [4.69, 9.17) is 9.84 Å². The Hall–Kier alpha value is -3.61. The summed E-state index contributed by atoms with van der Waals surface area (Å²) in [5, 5.41) is 12.4. The lowest BCUT2D eigenvalue weighted by Gasteiger charge is -2.15. The van der Waals surface area contributed by atoms with Crippen LogP contribution in [-0.2, 0) is 11.3 Å². The van der Waals surface area contributed by atoms with Crippen molar-refractivity contribution in [3.63, 3.8) is 0 Å².